The Morgan fingerprint density at radius 3 is 2.19 bits per heavy atom. The van der Waals surface area contributed by atoms with Gasteiger partial charge >= 0.3 is 0 Å². The minimum absolute atomic E-state index is 0.177. The van der Waals surface area contributed by atoms with Crippen molar-refractivity contribution in [2.45, 2.75) is 0 Å². The van der Waals surface area contributed by atoms with Crippen molar-refractivity contribution >= 4 is 11.5 Å². The Kier molecular flexibility index (Phi) is 4.73. The first-order valence-electron chi connectivity index (χ1n) is 6.22. The number of benzene rings is 2. The van der Waals surface area contributed by atoms with Gasteiger partial charge in [-0.2, -0.15) is 0 Å². The van der Waals surface area contributed by atoms with E-state index in [9.17, 15) is 4.39 Å². The van der Waals surface area contributed by atoms with Gasteiger partial charge in [0.1, 0.15) is 23.0 Å². The van der Waals surface area contributed by atoms with Crippen molar-refractivity contribution in [3.8, 4) is 11.5 Å². The van der Waals surface area contributed by atoms with Crippen molar-refractivity contribution in [2.24, 2.45) is 10.8 Å². The quantitative estimate of drug-likeness (QED) is 0.392. The monoisotopic (exact) mass is 289 g/mol. The smallest absolute Gasteiger partial charge is 0.151 e. The molecule has 5 nitrogen and oxygen atoms in total. The zero-order valence-corrected chi connectivity index (χ0v) is 11.8. The highest BCUT2D eigenvalue weighted by Gasteiger charge is 2.13. The SMILES string of the molecule is COc1cccc(OC)c1N=C(NN)c1ccccc1F. The van der Waals surface area contributed by atoms with Crippen molar-refractivity contribution in [3.05, 3.63) is 53.8 Å². The number of para-hydroxylation sites is 1. The van der Waals surface area contributed by atoms with Crippen LogP contribution in [-0.2, 0) is 0 Å². The number of halogens is 1. The van der Waals surface area contributed by atoms with Crippen LogP contribution in [0.25, 0.3) is 0 Å². The van der Waals surface area contributed by atoms with E-state index in [2.05, 4.69) is 10.4 Å². The van der Waals surface area contributed by atoms with E-state index >= 15 is 0 Å². The second-order valence-corrected chi connectivity index (χ2v) is 4.10. The lowest BCUT2D eigenvalue weighted by atomic mass is 10.2. The summed E-state index contributed by atoms with van der Waals surface area (Å²) >= 11 is 0. The van der Waals surface area contributed by atoms with E-state index in [1.54, 1.807) is 36.4 Å². The van der Waals surface area contributed by atoms with E-state index in [1.807, 2.05) is 0 Å². The van der Waals surface area contributed by atoms with Crippen LogP contribution < -0.4 is 20.7 Å². The van der Waals surface area contributed by atoms with E-state index in [4.69, 9.17) is 15.3 Å². The molecule has 0 atom stereocenters. The Hall–Kier alpha value is -2.60. The molecule has 2 aromatic rings. The molecule has 0 aliphatic rings. The molecule has 0 heterocycles. The molecule has 0 aliphatic heterocycles. The number of aliphatic imine (C=N–C) groups is 1. The van der Waals surface area contributed by atoms with E-state index in [1.165, 1.54) is 20.3 Å². The van der Waals surface area contributed by atoms with Gasteiger partial charge in [0.15, 0.2) is 5.84 Å². The van der Waals surface area contributed by atoms with Crippen LogP contribution in [-0.4, -0.2) is 20.1 Å². The molecule has 0 aliphatic carbocycles. The largest absolute Gasteiger partial charge is 0.494 e. The average Bonchev–Trinajstić information content (AvgIpc) is 2.53. The van der Waals surface area contributed by atoms with E-state index < -0.39 is 5.82 Å². The third-order valence-corrected chi connectivity index (χ3v) is 2.89. The lowest BCUT2D eigenvalue weighted by molar-refractivity contribution is 0.397. The van der Waals surface area contributed by atoms with Crippen molar-refractivity contribution < 1.29 is 13.9 Å². The first kappa shape index (κ1) is 14.8. The molecule has 0 fully saturated rings. The lowest BCUT2D eigenvalue weighted by Gasteiger charge is -2.12. The first-order valence-corrected chi connectivity index (χ1v) is 6.22. The zero-order chi connectivity index (χ0) is 15.2. The molecule has 0 aromatic heterocycles. The van der Waals surface area contributed by atoms with E-state index in [0.29, 0.717) is 17.2 Å². The third-order valence-electron chi connectivity index (χ3n) is 2.89. The highest BCUT2D eigenvalue weighted by atomic mass is 19.1. The summed E-state index contributed by atoms with van der Waals surface area (Å²) < 4.78 is 24.4. The summed E-state index contributed by atoms with van der Waals surface area (Å²) in [6.45, 7) is 0. The maximum atomic E-state index is 13.9. The van der Waals surface area contributed by atoms with Gasteiger partial charge < -0.3 is 14.9 Å². The molecule has 0 spiro atoms. The molecule has 0 unspecified atom stereocenters. The summed E-state index contributed by atoms with van der Waals surface area (Å²) in [6.07, 6.45) is 0. The molecule has 0 saturated heterocycles. The molecule has 0 saturated carbocycles. The summed E-state index contributed by atoms with van der Waals surface area (Å²) in [4.78, 5) is 4.34. The third kappa shape index (κ3) is 3.11. The molecular weight excluding hydrogens is 273 g/mol. The molecule has 3 N–H and O–H groups in total. The molecule has 21 heavy (non-hydrogen) atoms. The van der Waals surface area contributed by atoms with Crippen molar-refractivity contribution in [1.82, 2.24) is 5.43 Å². The highest BCUT2D eigenvalue weighted by molar-refractivity contribution is 6.00. The normalized spacial score (nSPS) is 11.1. The van der Waals surface area contributed by atoms with Crippen LogP contribution in [0.4, 0.5) is 10.1 Å². The summed E-state index contributed by atoms with van der Waals surface area (Å²) in [6, 6.07) is 11.4. The van der Waals surface area contributed by atoms with Crippen molar-refractivity contribution in [1.29, 1.82) is 0 Å². The van der Waals surface area contributed by atoms with Crippen LogP contribution in [0, 0.1) is 5.82 Å². The van der Waals surface area contributed by atoms with E-state index in [-0.39, 0.29) is 11.4 Å². The van der Waals surface area contributed by atoms with E-state index in [0.717, 1.165) is 0 Å². The summed E-state index contributed by atoms with van der Waals surface area (Å²) in [5.74, 6) is 6.22. The number of hydrogen-bond acceptors (Lipinski definition) is 4. The number of nitrogens with two attached hydrogens (primary N) is 1. The minimum atomic E-state index is -0.428. The van der Waals surface area contributed by atoms with Gasteiger partial charge in [0, 0.05) is 0 Å². The zero-order valence-electron chi connectivity index (χ0n) is 11.8. The first-order chi connectivity index (χ1) is 10.2. The van der Waals surface area contributed by atoms with Gasteiger partial charge in [-0.05, 0) is 24.3 Å². The molecule has 0 bridgehead atoms. The maximum absolute atomic E-state index is 13.9. The lowest BCUT2D eigenvalue weighted by Crippen LogP contribution is -2.31. The maximum Gasteiger partial charge on any atom is 0.151 e. The summed E-state index contributed by atoms with van der Waals surface area (Å²) in [5, 5.41) is 0. The van der Waals surface area contributed by atoms with Crippen LogP contribution in [0.3, 0.4) is 0 Å². The van der Waals surface area contributed by atoms with Crippen LogP contribution in [0.5, 0.6) is 11.5 Å². The standard InChI is InChI=1S/C15H16FN3O2/c1-20-12-8-5-9-13(21-2)14(12)18-15(19-17)10-6-3-4-7-11(10)16/h3-9H,17H2,1-2H3,(H,18,19). The average molecular weight is 289 g/mol. The second kappa shape index (κ2) is 6.71. The molecule has 0 radical (unpaired) electrons. The van der Waals surface area contributed by atoms with Crippen molar-refractivity contribution in [2.75, 3.05) is 14.2 Å². The number of rotatable bonds is 4. The number of hydrogen-bond donors (Lipinski definition) is 2. The van der Waals surface area contributed by atoms with Gasteiger partial charge in [-0.1, -0.05) is 18.2 Å². The fraction of sp³-hybridized carbons (Fsp3) is 0.133. The Balaban J connectivity index is 2.58. The van der Waals surface area contributed by atoms with Gasteiger partial charge in [0.2, 0.25) is 0 Å². The second-order valence-electron chi connectivity index (χ2n) is 4.10. The minimum Gasteiger partial charge on any atom is -0.494 e. The molecule has 6 heteroatoms. The number of hydrazine groups is 1. The highest BCUT2D eigenvalue weighted by Crippen LogP contribution is 2.37. The Labute approximate surface area is 122 Å². The molecule has 2 rings (SSSR count). The fourth-order valence-electron chi connectivity index (χ4n) is 1.88. The topological polar surface area (TPSA) is 68.9 Å². The van der Waals surface area contributed by atoms with Gasteiger partial charge in [-0.15, -0.1) is 0 Å². The van der Waals surface area contributed by atoms with Gasteiger partial charge in [-0.3, -0.25) is 0 Å². The Bertz CT molecular complexity index is 637. The molecular formula is C15H16FN3O2. The number of nitrogens with zero attached hydrogens (tertiary/aromatic N) is 1. The predicted molar refractivity (Wildman–Crippen MR) is 79.5 cm³/mol. The van der Waals surface area contributed by atoms with Gasteiger partial charge in [0.05, 0.1) is 19.8 Å². The molecule has 0 amide bonds. The fourth-order valence-corrected chi connectivity index (χ4v) is 1.88. The summed E-state index contributed by atoms with van der Waals surface area (Å²) in [5.41, 5.74) is 3.10. The van der Waals surface area contributed by atoms with Crippen LogP contribution in [0.15, 0.2) is 47.5 Å². The van der Waals surface area contributed by atoms with Crippen LogP contribution in [0.2, 0.25) is 0 Å². The predicted octanol–water partition coefficient (Wildman–Crippen LogP) is 2.38. The number of methoxy groups -OCH3 is 2. The van der Waals surface area contributed by atoms with Crippen molar-refractivity contribution in [3.63, 3.8) is 0 Å². The van der Waals surface area contributed by atoms with Gasteiger partial charge in [0.25, 0.3) is 0 Å². The Morgan fingerprint density at radius 1 is 1.05 bits per heavy atom. The number of ether oxygens (including phenoxy) is 2. The number of nitrogens with one attached hydrogen (secondary N) is 1. The number of amidine groups is 1. The summed E-state index contributed by atoms with van der Waals surface area (Å²) in [7, 11) is 3.04. The van der Waals surface area contributed by atoms with Crippen LogP contribution in [0.1, 0.15) is 5.56 Å². The Morgan fingerprint density at radius 2 is 1.67 bits per heavy atom. The molecule has 2 aromatic carbocycles. The van der Waals surface area contributed by atoms with Gasteiger partial charge in [-0.25, -0.2) is 15.2 Å². The molecule has 110 valence electrons. The van der Waals surface area contributed by atoms with Crippen LogP contribution >= 0.6 is 0 Å².